The molecule has 3 aromatic rings. The Labute approximate surface area is 201 Å². The van der Waals surface area contributed by atoms with E-state index in [1.807, 2.05) is 24.3 Å². The van der Waals surface area contributed by atoms with Crippen LogP contribution in [0.15, 0.2) is 55.0 Å². The van der Waals surface area contributed by atoms with Gasteiger partial charge >= 0.3 is 12.1 Å². The van der Waals surface area contributed by atoms with Crippen LogP contribution in [0.2, 0.25) is 0 Å². The van der Waals surface area contributed by atoms with Crippen LogP contribution < -0.4 is 20.8 Å². The van der Waals surface area contributed by atoms with Gasteiger partial charge in [0.25, 0.3) is 12.6 Å². The maximum Gasteiger partial charge on any atom is 0.412 e. The van der Waals surface area contributed by atoms with E-state index >= 15 is 0 Å². The lowest BCUT2D eigenvalue weighted by molar-refractivity contribution is -0.727. The molecule has 5 N–H and O–H groups in total. The summed E-state index contributed by atoms with van der Waals surface area (Å²) < 4.78 is 11.9. The zero-order chi connectivity index (χ0) is 25.0. The number of aromatic amines is 1. The van der Waals surface area contributed by atoms with E-state index in [-0.39, 0.29) is 38.8 Å². The van der Waals surface area contributed by atoms with Gasteiger partial charge in [-0.2, -0.15) is 4.57 Å². The summed E-state index contributed by atoms with van der Waals surface area (Å²) in [5, 5.41) is 14.5. The molecule has 0 aliphatic rings. The van der Waals surface area contributed by atoms with E-state index < -0.39 is 18.1 Å². The molecule has 0 radical (unpaired) electrons. The number of nitrogens with zero attached hydrogens (tertiary/aromatic N) is 1. The molecular weight excluding hydrogens is 458 g/mol. The Bertz CT molecular complexity index is 1150. The second-order valence-corrected chi connectivity index (χ2v) is 7.38. The molecule has 0 saturated carbocycles. The average Bonchev–Trinajstić information content (AvgIpc) is 3.28. The Hall–Kier alpha value is -4.00. The van der Waals surface area contributed by atoms with Crippen LogP contribution in [0.4, 0.5) is 4.79 Å². The number of hydrogen-bond acceptors (Lipinski definition) is 8. The maximum atomic E-state index is 12.5. The van der Waals surface area contributed by atoms with Crippen molar-refractivity contribution in [3.63, 3.8) is 0 Å². The van der Waals surface area contributed by atoms with Gasteiger partial charge in [0, 0.05) is 36.1 Å². The fourth-order valence-corrected chi connectivity index (χ4v) is 3.37. The minimum atomic E-state index is -0.945. The number of rotatable bonds is 12. The van der Waals surface area contributed by atoms with Gasteiger partial charge in [-0.1, -0.05) is 23.8 Å². The molecule has 1 unspecified atom stereocenters. The molecule has 0 spiro atoms. The second kappa shape index (κ2) is 13.0. The van der Waals surface area contributed by atoms with Gasteiger partial charge in [-0.05, 0) is 24.6 Å². The first-order valence-corrected chi connectivity index (χ1v) is 10.9. The SMILES string of the molecule is CCOC(=O)C(Cc1c[nH]c2ccccc12)NC(=O)OC[n+]1cccc(C(=O)NCCONO)c1. The number of alkyl carbamates (subject to hydrolysis) is 1. The van der Waals surface area contributed by atoms with Gasteiger partial charge in [0.1, 0.15) is 11.6 Å². The highest BCUT2D eigenvalue weighted by molar-refractivity contribution is 5.93. The zero-order valence-corrected chi connectivity index (χ0v) is 19.2. The minimum absolute atomic E-state index is 0.0680. The molecule has 1 aromatic carbocycles. The molecule has 0 aliphatic carbocycles. The number of fused-ring (bicyclic) bond motifs is 1. The van der Waals surface area contributed by atoms with Crippen molar-refractivity contribution in [3.05, 3.63) is 66.1 Å². The summed E-state index contributed by atoms with van der Waals surface area (Å²) in [7, 11) is 0. The van der Waals surface area contributed by atoms with Crippen molar-refractivity contribution in [1.82, 2.24) is 21.3 Å². The molecule has 0 fully saturated rings. The van der Waals surface area contributed by atoms with Crippen molar-refractivity contribution in [2.75, 3.05) is 19.8 Å². The number of aromatic nitrogens is 2. The van der Waals surface area contributed by atoms with Gasteiger partial charge in [0.2, 0.25) is 0 Å². The molecule has 1 atom stereocenters. The first-order chi connectivity index (χ1) is 17.0. The van der Waals surface area contributed by atoms with Crippen molar-refractivity contribution in [2.24, 2.45) is 0 Å². The first kappa shape index (κ1) is 25.6. The number of carbonyl (C=O) groups excluding carboxylic acids is 3. The highest BCUT2D eigenvalue weighted by Crippen LogP contribution is 2.19. The molecule has 0 aliphatic heterocycles. The summed E-state index contributed by atoms with van der Waals surface area (Å²) in [6.07, 6.45) is 4.33. The fraction of sp³-hybridized carbons (Fsp3) is 0.304. The van der Waals surface area contributed by atoms with Crippen molar-refractivity contribution in [2.45, 2.75) is 26.1 Å². The number of H-pyrrole nitrogens is 1. The highest BCUT2D eigenvalue weighted by Gasteiger charge is 2.25. The highest BCUT2D eigenvalue weighted by atomic mass is 16.8. The van der Waals surface area contributed by atoms with Gasteiger partial charge < -0.3 is 25.1 Å². The molecule has 2 aromatic heterocycles. The molecule has 3 rings (SSSR count). The van der Waals surface area contributed by atoms with Crippen LogP contribution >= 0.6 is 0 Å². The van der Waals surface area contributed by atoms with Crippen molar-refractivity contribution in [1.29, 1.82) is 0 Å². The van der Waals surface area contributed by atoms with Crippen LogP contribution in [-0.2, 0) is 32.3 Å². The Morgan fingerprint density at radius 3 is 2.77 bits per heavy atom. The molecule has 12 nitrogen and oxygen atoms in total. The number of esters is 1. The Kier molecular flexibility index (Phi) is 9.54. The normalized spacial score (nSPS) is 11.6. The molecule has 12 heteroatoms. The number of ether oxygens (including phenoxy) is 2. The van der Waals surface area contributed by atoms with Crippen LogP contribution in [0.5, 0.6) is 0 Å². The first-order valence-electron chi connectivity index (χ1n) is 10.9. The van der Waals surface area contributed by atoms with Gasteiger partial charge in [0.15, 0.2) is 12.4 Å². The quantitative estimate of drug-likeness (QED) is 0.110. The smallest absolute Gasteiger partial charge is 0.412 e. The Morgan fingerprint density at radius 2 is 1.97 bits per heavy atom. The minimum Gasteiger partial charge on any atom is -0.464 e. The van der Waals surface area contributed by atoms with Gasteiger partial charge in [-0.3, -0.25) is 14.8 Å². The number of benzene rings is 1. The zero-order valence-electron chi connectivity index (χ0n) is 19.2. The van der Waals surface area contributed by atoms with Crippen LogP contribution in [0, 0.1) is 0 Å². The molecule has 0 bridgehead atoms. The predicted octanol–water partition coefficient (Wildman–Crippen LogP) is 0.954. The van der Waals surface area contributed by atoms with E-state index in [0.29, 0.717) is 5.56 Å². The van der Waals surface area contributed by atoms with Gasteiger partial charge in [-0.25, -0.2) is 9.59 Å². The number of para-hydroxylation sites is 1. The molecule has 2 heterocycles. The standard InChI is InChI=1S/C23H27N5O7/c1-2-33-22(30)20(12-17-13-25-19-8-4-3-7-18(17)19)26-23(31)34-15-28-10-5-6-16(14-28)21(29)24-9-11-35-27-32/h3-8,10,13-14,20,25,27,32H,2,9,11-12,15H2,1H3,(H-,24,26,29,31)/p+1. The largest absolute Gasteiger partial charge is 0.464 e. The van der Waals surface area contributed by atoms with E-state index in [1.165, 1.54) is 16.4 Å². The van der Waals surface area contributed by atoms with Crippen LogP contribution in [0.3, 0.4) is 0 Å². The third-order valence-corrected chi connectivity index (χ3v) is 4.98. The lowest BCUT2D eigenvalue weighted by Gasteiger charge is -2.16. The Balaban J connectivity index is 1.58. The third-order valence-electron chi connectivity index (χ3n) is 4.98. The summed E-state index contributed by atoms with van der Waals surface area (Å²) >= 11 is 0. The Morgan fingerprint density at radius 1 is 1.14 bits per heavy atom. The predicted molar refractivity (Wildman–Crippen MR) is 122 cm³/mol. The van der Waals surface area contributed by atoms with E-state index in [4.69, 9.17) is 14.7 Å². The molecule has 186 valence electrons. The number of hydrogen-bond donors (Lipinski definition) is 5. The topological polar surface area (TPSA) is 155 Å². The molecule has 2 amide bonds. The molecule has 0 saturated heterocycles. The fourth-order valence-electron chi connectivity index (χ4n) is 3.37. The summed E-state index contributed by atoms with van der Waals surface area (Å²) in [4.78, 5) is 44.8. The van der Waals surface area contributed by atoms with E-state index in [1.54, 1.807) is 31.5 Å². The third kappa shape index (κ3) is 7.50. The van der Waals surface area contributed by atoms with Crippen molar-refractivity contribution >= 4 is 28.9 Å². The number of amides is 2. The molecule has 35 heavy (non-hydrogen) atoms. The van der Waals surface area contributed by atoms with E-state index in [9.17, 15) is 14.4 Å². The maximum absolute atomic E-state index is 12.5. The average molecular weight is 487 g/mol. The van der Waals surface area contributed by atoms with Crippen LogP contribution in [0.1, 0.15) is 22.8 Å². The lowest BCUT2D eigenvalue weighted by atomic mass is 10.1. The van der Waals surface area contributed by atoms with E-state index in [2.05, 4.69) is 20.5 Å². The van der Waals surface area contributed by atoms with Gasteiger partial charge in [-0.15, -0.1) is 0 Å². The summed E-state index contributed by atoms with van der Waals surface area (Å²) in [5.74, 6) is -0.937. The van der Waals surface area contributed by atoms with Gasteiger partial charge in [0.05, 0.1) is 13.2 Å². The molecular formula is C23H28N5O7+. The van der Waals surface area contributed by atoms with Crippen molar-refractivity contribution < 1.29 is 38.5 Å². The number of carbonyl (C=O) groups is 3. The monoisotopic (exact) mass is 486 g/mol. The summed E-state index contributed by atoms with van der Waals surface area (Å²) in [5.41, 5.74) is 3.63. The number of pyridine rings is 1. The van der Waals surface area contributed by atoms with Crippen LogP contribution in [0.25, 0.3) is 10.9 Å². The summed E-state index contributed by atoms with van der Waals surface area (Å²) in [6, 6.07) is 9.92. The number of nitrogens with one attached hydrogen (secondary N) is 4. The lowest BCUT2D eigenvalue weighted by Crippen LogP contribution is -2.45. The van der Waals surface area contributed by atoms with E-state index in [0.717, 1.165) is 16.5 Å². The second-order valence-electron chi connectivity index (χ2n) is 7.38. The van der Waals surface area contributed by atoms with Crippen molar-refractivity contribution in [3.8, 4) is 0 Å². The summed E-state index contributed by atoms with van der Waals surface area (Å²) in [6.45, 7) is 1.92. The van der Waals surface area contributed by atoms with Crippen LogP contribution in [-0.4, -0.2) is 54.0 Å².